The molecule has 4 nitrogen and oxygen atoms in total. The molecule has 3 rings (SSSR count). The van der Waals surface area contributed by atoms with Crippen molar-refractivity contribution in [2.45, 2.75) is 52.1 Å². The van der Waals surface area contributed by atoms with Crippen LogP contribution in [-0.2, 0) is 0 Å². The van der Waals surface area contributed by atoms with Crippen LogP contribution >= 0.6 is 0 Å². The van der Waals surface area contributed by atoms with Crippen molar-refractivity contribution < 1.29 is 0 Å². The zero-order chi connectivity index (χ0) is 17.5. The molecule has 0 bridgehead atoms. The van der Waals surface area contributed by atoms with Crippen molar-refractivity contribution in [1.29, 1.82) is 0 Å². The summed E-state index contributed by atoms with van der Waals surface area (Å²) in [6.45, 7) is 23.5. The summed E-state index contributed by atoms with van der Waals surface area (Å²) in [5.74, 6) is 1.83. The minimum absolute atomic E-state index is 0.344. The van der Waals surface area contributed by atoms with Crippen molar-refractivity contribution in [2.24, 2.45) is 11.8 Å². The lowest BCUT2D eigenvalue weighted by atomic mass is 9.96. The van der Waals surface area contributed by atoms with E-state index in [2.05, 4.69) is 61.3 Å². The van der Waals surface area contributed by atoms with Gasteiger partial charge in [-0.05, 0) is 66.5 Å². The van der Waals surface area contributed by atoms with Gasteiger partial charge in [-0.25, -0.2) is 0 Å². The highest BCUT2D eigenvalue weighted by Gasteiger charge is 2.43. The Morgan fingerprint density at radius 1 is 0.750 bits per heavy atom. The first kappa shape index (κ1) is 18.6. The van der Waals surface area contributed by atoms with Gasteiger partial charge in [0.05, 0.1) is 0 Å². The van der Waals surface area contributed by atoms with Gasteiger partial charge in [0.2, 0.25) is 0 Å². The Labute approximate surface area is 150 Å². The summed E-state index contributed by atoms with van der Waals surface area (Å²) in [4.78, 5) is 10.6. The first-order chi connectivity index (χ1) is 11.1. The van der Waals surface area contributed by atoms with Crippen LogP contribution in [-0.4, -0.2) is 96.6 Å². The average molecular weight is 337 g/mol. The van der Waals surface area contributed by atoms with Crippen molar-refractivity contribution in [3.8, 4) is 0 Å². The SMILES string of the molecule is CN1CCN(C(C)(C)CCN2CC3CN(C(C)(C)C)CC3C2)CC1. The number of hydrogen-bond donors (Lipinski definition) is 0. The molecule has 0 radical (unpaired) electrons. The van der Waals surface area contributed by atoms with Crippen LogP contribution in [0.4, 0.5) is 0 Å². The molecular formula is C20H40N4. The fraction of sp³-hybridized carbons (Fsp3) is 1.00. The Morgan fingerprint density at radius 2 is 1.29 bits per heavy atom. The molecule has 2 atom stereocenters. The number of piperazine rings is 1. The molecule has 24 heavy (non-hydrogen) atoms. The largest absolute Gasteiger partial charge is 0.304 e. The first-order valence-corrected chi connectivity index (χ1v) is 10.1. The van der Waals surface area contributed by atoms with Crippen LogP contribution in [0.2, 0.25) is 0 Å². The van der Waals surface area contributed by atoms with Crippen LogP contribution in [0.1, 0.15) is 41.0 Å². The molecule has 0 saturated carbocycles. The van der Waals surface area contributed by atoms with Gasteiger partial charge in [-0.3, -0.25) is 9.80 Å². The van der Waals surface area contributed by atoms with Crippen molar-refractivity contribution in [1.82, 2.24) is 19.6 Å². The molecule has 2 unspecified atom stereocenters. The summed E-state index contributed by atoms with van der Waals surface area (Å²) in [5.41, 5.74) is 0.689. The summed E-state index contributed by atoms with van der Waals surface area (Å²) in [6.07, 6.45) is 1.30. The third-order valence-electron chi connectivity index (χ3n) is 6.91. The average Bonchev–Trinajstić information content (AvgIpc) is 3.03. The van der Waals surface area contributed by atoms with E-state index in [0.717, 1.165) is 11.8 Å². The molecule has 3 aliphatic heterocycles. The Balaban J connectivity index is 1.44. The summed E-state index contributed by atoms with van der Waals surface area (Å²) in [7, 11) is 2.24. The van der Waals surface area contributed by atoms with Crippen molar-refractivity contribution >= 4 is 0 Å². The predicted octanol–water partition coefficient (Wildman–Crippen LogP) is 2.06. The van der Waals surface area contributed by atoms with Gasteiger partial charge < -0.3 is 9.80 Å². The van der Waals surface area contributed by atoms with E-state index in [-0.39, 0.29) is 0 Å². The zero-order valence-electron chi connectivity index (χ0n) is 17.0. The molecule has 0 aliphatic carbocycles. The number of likely N-dealkylation sites (tertiary alicyclic amines) is 2. The van der Waals surface area contributed by atoms with E-state index in [1.807, 2.05) is 0 Å². The van der Waals surface area contributed by atoms with Crippen LogP contribution < -0.4 is 0 Å². The first-order valence-electron chi connectivity index (χ1n) is 10.1. The highest BCUT2D eigenvalue weighted by atomic mass is 15.3. The van der Waals surface area contributed by atoms with E-state index < -0.39 is 0 Å². The van der Waals surface area contributed by atoms with Crippen LogP contribution in [0.3, 0.4) is 0 Å². The van der Waals surface area contributed by atoms with Crippen LogP contribution in [0, 0.1) is 11.8 Å². The number of likely N-dealkylation sites (N-methyl/N-ethyl adjacent to an activating group) is 1. The van der Waals surface area contributed by atoms with Gasteiger partial charge in [-0.15, -0.1) is 0 Å². The molecule has 3 saturated heterocycles. The Hall–Kier alpha value is -0.160. The van der Waals surface area contributed by atoms with Crippen LogP contribution in [0.15, 0.2) is 0 Å². The lowest BCUT2D eigenvalue weighted by Crippen LogP contribution is -2.54. The zero-order valence-corrected chi connectivity index (χ0v) is 17.0. The Kier molecular flexibility index (Phi) is 5.33. The standard InChI is InChI=1S/C20H40N4/c1-19(2,3)24-15-17-13-22(14-18(17)16-24)8-7-20(4,5)23-11-9-21(6)10-12-23/h17-18H,7-16H2,1-6H3. The van der Waals surface area contributed by atoms with E-state index in [0.29, 0.717) is 11.1 Å². The fourth-order valence-corrected chi connectivity index (χ4v) is 4.82. The van der Waals surface area contributed by atoms with Gasteiger partial charge in [-0.1, -0.05) is 0 Å². The summed E-state index contributed by atoms with van der Waals surface area (Å²) >= 11 is 0. The maximum atomic E-state index is 2.76. The smallest absolute Gasteiger partial charge is 0.0166 e. The molecule has 3 aliphatic rings. The number of nitrogens with zero attached hydrogens (tertiary/aromatic N) is 4. The van der Waals surface area contributed by atoms with Gasteiger partial charge in [0.25, 0.3) is 0 Å². The molecule has 0 N–H and O–H groups in total. The molecule has 0 amide bonds. The third-order valence-corrected chi connectivity index (χ3v) is 6.91. The quantitative estimate of drug-likeness (QED) is 0.779. The molecule has 4 heteroatoms. The molecule has 3 fully saturated rings. The van der Waals surface area contributed by atoms with Crippen LogP contribution in [0.25, 0.3) is 0 Å². The second kappa shape index (κ2) is 6.86. The summed E-state index contributed by atoms with van der Waals surface area (Å²) in [6, 6.07) is 0. The maximum absolute atomic E-state index is 2.76. The second-order valence-electron chi connectivity index (χ2n) is 10.2. The van der Waals surface area contributed by atoms with Gasteiger partial charge in [0, 0.05) is 63.4 Å². The molecule has 0 spiro atoms. The molecule has 140 valence electrons. The van der Waals surface area contributed by atoms with E-state index in [9.17, 15) is 0 Å². The van der Waals surface area contributed by atoms with Gasteiger partial charge >= 0.3 is 0 Å². The van der Waals surface area contributed by atoms with E-state index in [4.69, 9.17) is 0 Å². The number of fused-ring (bicyclic) bond motifs is 1. The maximum Gasteiger partial charge on any atom is 0.0166 e. The molecule has 0 aromatic rings. The number of rotatable bonds is 4. The van der Waals surface area contributed by atoms with E-state index >= 15 is 0 Å². The summed E-state index contributed by atoms with van der Waals surface area (Å²) in [5, 5.41) is 0. The lowest BCUT2D eigenvalue weighted by molar-refractivity contribution is 0.0496. The predicted molar refractivity (Wildman–Crippen MR) is 103 cm³/mol. The van der Waals surface area contributed by atoms with Gasteiger partial charge in [0.15, 0.2) is 0 Å². The van der Waals surface area contributed by atoms with Gasteiger partial charge in [-0.2, -0.15) is 0 Å². The summed E-state index contributed by atoms with van der Waals surface area (Å²) < 4.78 is 0. The fourth-order valence-electron chi connectivity index (χ4n) is 4.82. The van der Waals surface area contributed by atoms with Gasteiger partial charge in [0.1, 0.15) is 0 Å². The van der Waals surface area contributed by atoms with E-state index in [1.54, 1.807) is 0 Å². The third kappa shape index (κ3) is 4.14. The molecule has 3 heterocycles. The minimum atomic E-state index is 0.344. The lowest BCUT2D eigenvalue weighted by Gasteiger charge is -2.44. The van der Waals surface area contributed by atoms with Crippen LogP contribution in [0.5, 0.6) is 0 Å². The van der Waals surface area contributed by atoms with Crippen molar-refractivity contribution in [2.75, 3.05) is 66.0 Å². The highest BCUT2D eigenvalue weighted by Crippen LogP contribution is 2.35. The Bertz CT molecular complexity index is 406. The number of hydrogen-bond acceptors (Lipinski definition) is 4. The molecular weight excluding hydrogens is 296 g/mol. The second-order valence-corrected chi connectivity index (χ2v) is 10.2. The topological polar surface area (TPSA) is 13.0 Å². The van der Waals surface area contributed by atoms with E-state index in [1.165, 1.54) is 65.3 Å². The normalized spacial score (nSPS) is 31.8. The minimum Gasteiger partial charge on any atom is -0.304 e. The Morgan fingerprint density at radius 3 is 1.79 bits per heavy atom. The molecule has 0 aromatic heterocycles. The monoisotopic (exact) mass is 336 g/mol. The van der Waals surface area contributed by atoms with Crippen molar-refractivity contribution in [3.05, 3.63) is 0 Å². The van der Waals surface area contributed by atoms with Crippen molar-refractivity contribution in [3.63, 3.8) is 0 Å². The highest BCUT2D eigenvalue weighted by molar-refractivity contribution is 4.97. The molecule has 0 aromatic carbocycles.